The van der Waals surface area contributed by atoms with E-state index in [1.165, 1.54) is 7.11 Å². The molecule has 7 heteroatoms. The first-order chi connectivity index (χ1) is 11.0. The van der Waals surface area contributed by atoms with Gasteiger partial charge in [0.25, 0.3) is 0 Å². The molecule has 1 unspecified atom stereocenters. The highest BCUT2D eigenvalue weighted by molar-refractivity contribution is 5.80. The number of carbonyl (C=O) groups is 2. The number of carboxylic acid groups (broad SMARTS) is 1. The molecule has 3 atom stereocenters. The lowest BCUT2D eigenvalue weighted by Gasteiger charge is -2.32. The number of amides is 2. The predicted octanol–water partition coefficient (Wildman–Crippen LogP) is 1.22. The van der Waals surface area contributed by atoms with Crippen molar-refractivity contribution in [2.45, 2.75) is 50.2 Å². The first-order valence-electron chi connectivity index (χ1n) is 8.43. The predicted molar refractivity (Wildman–Crippen MR) is 82.2 cm³/mol. The van der Waals surface area contributed by atoms with Crippen LogP contribution in [0, 0.1) is 5.41 Å². The molecule has 0 bridgehead atoms. The zero-order valence-corrected chi connectivity index (χ0v) is 13.7. The van der Waals surface area contributed by atoms with E-state index >= 15 is 0 Å². The summed E-state index contributed by atoms with van der Waals surface area (Å²) in [4.78, 5) is 25.8. The Morgan fingerprint density at radius 2 is 2.13 bits per heavy atom. The Balaban J connectivity index is 1.62. The number of hydrogen-bond donors (Lipinski definition) is 2. The second-order valence-electron chi connectivity index (χ2n) is 7.10. The number of methoxy groups -OCH3 is 1. The molecule has 3 rings (SSSR count). The average molecular weight is 326 g/mol. The fraction of sp³-hybridized carbons (Fsp3) is 0.875. The van der Waals surface area contributed by atoms with Crippen LogP contribution in [0.1, 0.15) is 38.5 Å². The van der Waals surface area contributed by atoms with Crippen LogP contribution < -0.4 is 5.32 Å². The van der Waals surface area contributed by atoms with Crippen LogP contribution in [0.3, 0.4) is 0 Å². The molecular formula is C16H26N2O5. The molecule has 7 nitrogen and oxygen atoms in total. The van der Waals surface area contributed by atoms with Crippen LogP contribution in [0.15, 0.2) is 0 Å². The smallest absolute Gasteiger partial charge is 0.317 e. The van der Waals surface area contributed by atoms with Crippen molar-refractivity contribution in [1.29, 1.82) is 0 Å². The third-order valence-corrected chi connectivity index (χ3v) is 5.67. The summed E-state index contributed by atoms with van der Waals surface area (Å²) in [6, 6.07) is -0.134. The van der Waals surface area contributed by atoms with Gasteiger partial charge in [0.2, 0.25) is 0 Å². The molecule has 3 fully saturated rings. The molecular weight excluding hydrogens is 300 g/mol. The topological polar surface area (TPSA) is 88.1 Å². The van der Waals surface area contributed by atoms with Crippen molar-refractivity contribution in [3.63, 3.8) is 0 Å². The van der Waals surface area contributed by atoms with Gasteiger partial charge < -0.3 is 24.8 Å². The highest BCUT2D eigenvalue weighted by atomic mass is 16.5. The minimum absolute atomic E-state index is 0.0414. The number of nitrogens with zero attached hydrogens (tertiary/aromatic N) is 1. The molecule has 2 amide bonds. The normalized spacial score (nSPS) is 36.7. The molecule has 1 spiro atoms. The Kier molecular flexibility index (Phi) is 4.51. The standard InChI is InChI=1S/C16H26N2O5/c1-22-11-15(13(19)20)7-8-18(10-15)14(21)17-12-4-2-5-16(12)6-3-9-23-16/h12H,2-11H2,1H3,(H,17,21)(H,19,20)/t12-,15?,16+/m1/s1. The van der Waals surface area contributed by atoms with Crippen molar-refractivity contribution in [1.82, 2.24) is 10.2 Å². The molecule has 2 heterocycles. The molecule has 130 valence electrons. The number of likely N-dealkylation sites (tertiary alicyclic amines) is 1. The minimum atomic E-state index is -0.983. The molecule has 1 saturated carbocycles. The number of ether oxygens (including phenoxy) is 2. The molecule has 0 radical (unpaired) electrons. The Labute approximate surface area is 136 Å². The van der Waals surface area contributed by atoms with E-state index in [0.29, 0.717) is 13.0 Å². The number of nitrogens with one attached hydrogen (secondary N) is 1. The second-order valence-corrected chi connectivity index (χ2v) is 7.10. The van der Waals surface area contributed by atoms with E-state index in [1.807, 2.05) is 0 Å². The van der Waals surface area contributed by atoms with Gasteiger partial charge in [-0.05, 0) is 38.5 Å². The Morgan fingerprint density at radius 1 is 1.35 bits per heavy atom. The summed E-state index contributed by atoms with van der Waals surface area (Å²) < 4.78 is 11.0. The van der Waals surface area contributed by atoms with Gasteiger partial charge in [-0.1, -0.05) is 0 Å². The molecule has 2 aliphatic heterocycles. The van der Waals surface area contributed by atoms with E-state index in [9.17, 15) is 14.7 Å². The summed E-state index contributed by atoms with van der Waals surface area (Å²) >= 11 is 0. The average Bonchev–Trinajstić information content (AvgIpc) is 3.23. The van der Waals surface area contributed by atoms with E-state index < -0.39 is 11.4 Å². The van der Waals surface area contributed by atoms with Gasteiger partial charge >= 0.3 is 12.0 Å². The van der Waals surface area contributed by atoms with Crippen molar-refractivity contribution in [2.75, 3.05) is 33.4 Å². The zero-order chi connectivity index (χ0) is 16.5. The van der Waals surface area contributed by atoms with Crippen molar-refractivity contribution in [3.8, 4) is 0 Å². The lowest BCUT2D eigenvalue weighted by molar-refractivity contribution is -0.151. The summed E-state index contributed by atoms with van der Waals surface area (Å²) in [5.41, 5.74) is -1.17. The van der Waals surface area contributed by atoms with Gasteiger partial charge in [0, 0.05) is 26.8 Å². The van der Waals surface area contributed by atoms with Gasteiger partial charge in [-0.15, -0.1) is 0 Å². The lowest BCUT2D eigenvalue weighted by atomic mass is 9.88. The second kappa shape index (κ2) is 6.28. The van der Waals surface area contributed by atoms with Crippen LogP contribution in [0.4, 0.5) is 4.79 Å². The van der Waals surface area contributed by atoms with Crippen LogP contribution >= 0.6 is 0 Å². The summed E-state index contributed by atoms with van der Waals surface area (Å²) in [5.74, 6) is -0.897. The van der Waals surface area contributed by atoms with E-state index in [1.54, 1.807) is 4.90 Å². The lowest BCUT2D eigenvalue weighted by Crippen LogP contribution is -2.53. The van der Waals surface area contributed by atoms with Crippen molar-refractivity contribution >= 4 is 12.0 Å². The van der Waals surface area contributed by atoms with Crippen LogP contribution in [-0.4, -0.2) is 67.1 Å². The Morgan fingerprint density at radius 3 is 2.78 bits per heavy atom. The van der Waals surface area contributed by atoms with Crippen molar-refractivity contribution in [3.05, 3.63) is 0 Å². The van der Waals surface area contributed by atoms with Gasteiger partial charge in [0.05, 0.1) is 18.2 Å². The largest absolute Gasteiger partial charge is 0.481 e. The van der Waals surface area contributed by atoms with E-state index in [4.69, 9.17) is 9.47 Å². The monoisotopic (exact) mass is 326 g/mol. The fourth-order valence-electron chi connectivity index (χ4n) is 4.35. The zero-order valence-electron chi connectivity index (χ0n) is 13.7. The molecule has 1 aliphatic carbocycles. The number of aliphatic carboxylic acids is 1. The third-order valence-electron chi connectivity index (χ3n) is 5.67. The summed E-state index contributed by atoms with van der Waals surface area (Å²) in [6.45, 7) is 1.54. The van der Waals surface area contributed by atoms with Crippen LogP contribution in [0.2, 0.25) is 0 Å². The number of carbonyl (C=O) groups excluding carboxylic acids is 1. The van der Waals surface area contributed by atoms with Gasteiger partial charge in [0.15, 0.2) is 0 Å². The molecule has 2 saturated heterocycles. The summed E-state index contributed by atoms with van der Waals surface area (Å²) in [6.07, 6.45) is 5.47. The fourth-order valence-corrected chi connectivity index (χ4v) is 4.35. The van der Waals surface area contributed by atoms with Crippen LogP contribution in [0.5, 0.6) is 0 Å². The van der Waals surface area contributed by atoms with Gasteiger partial charge in [0.1, 0.15) is 5.41 Å². The number of hydrogen-bond acceptors (Lipinski definition) is 4. The molecule has 0 aromatic carbocycles. The third kappa shape index (κ3) is 2.92. The molecule has 0 aromatic heterocycles. The highest BCUT2D eigenvalue weighted by Gasteiger charge is 2.49. The van der Waals surface area contributed by atoms with Crippen LogP contribution in [-0.2, 0) is 14.3 Å². The van der Waals surface area contributed by atoms with Crippen LogP contribution in [0.25, 0.3) is 0 Å². The first kappa shape index (κ1) is 16.5. The number of carboxylic acids is 1. The maximum atomic E-state index is 12.6. The first-order valence-corrected chi connectivity index (χ1v) is 8.43. The van der Waals surface area contributed by atoms with Gasteiger partial charge in [-0.3, -0.25) is 4.79 Å². The van der Waals surface area contributed by atoms with Crippen molar-refractivity contribution in [2.24, 2.45) is 5.41 Å². The highest BCUT2D eigenvalue weighted by Crippen LogP contribution is 2.41. The molecule has 2 N–H and O–H groups in total. The van der Waals surface area contributed by atoms with Crippen molar-refractivity contribution < 1.29 is 24.2 Å². The number of urea groups is 1. The maximum absolute atomic E-state index is 12.6. The van der Waals surface area contributed by atoms with E-state index in [2.05, 4.69) is 5.32 Å². The minimum Gasteiger partial charge on any atom is -0.481 e. The quantitative estimate of drug-likeness (QED) is 0.811. The summed E-state index contributed by atoms with van der Waals surface area (Å²) in [7, 11) is 1.49. The number of rotatable bonds is 4. The Hall–Kier alpha value is -1.34. The van der Waals surface area contributed by atoms with E-state index in [-0.39, 0.29) is 30.8 Å². The summed E-state index contributed by atoms with van der Waals surface area (Å²) in [5, 5.41) is 12.6. The SMILES string of the molecule is COCC1(C(=O)O)CCN(C(=O)N[C@@H]2CCC[C@]23CCCO3)C1. The van der Waals surface area contributed by atoms with E-state index in [0.717, 1.165) is 38.7 Å². The molecule has 23 heavy (non-hydrogen) atoms. The van der Waals surface area contributed by atoms with Gasteiger partial charge in [-0.2, -0.15) is 0 Å². The van der Waals surface area contributed by atoms with Gasteiger partial charge in [-0.25, -0.2) is 4.79 Å². The Bertz CT molecular complexity index is 472. The molecule has 3 aliphatic rings. The maximum Gasteiger partial charge on any atom is 0.317 e. The molecule has 0 aromatic rings.